The molecule has 5 nitrogen and oxygen atoms in total. The Morgan fingerprint density at radius 1 is 1.21 bits per heavy atom. The van der Waals surface area contributed by atoms with E-state index >= 15 is 0 Å². The van der Waals surface area contributed by atoms with Gasteiger partial charge < -0.3 is 15.2 Å². The molecule has 142 valence electrons. The molecule has 2 aliphatic heterocycles. The Labute approximate surface area is 172 Å². The van der Waals surface area contributed by atoms with Gasteiger partial charge in [-0.05, 0) is 24.6 Å². The lowest BCUT2D eigenvalue weighted by Gasteiger charge is -2.33. The fourth-order valence-electron chi connectivity index (χ4n) is 3.42. The molecule has 2 aromatic carbocycles. The number of hydrogen-bond donors (Lipinski definition) is 1. The number of esters is 1. The van der Waals surface area contributed by atoms with Crippen LogP contribution in [0.1, 0.15) is 24.0 Å². The normalized spacial score (nSPS) is 18.1. The Morgan fingerprint density at radius 2 is 1.96 bits per heavy atom. The van der Waals surface area contributed by atoms with Crippen LogP contribution >= 0.6 is 23.2 Å². The molecule has 0 radical (unpaired) electrons. The van der Waals surface area contributed by atoms with Gasteiger partial charge in [-0.3, -0.25) is 0 Å². The van der Waals surface area contributed by atoms with Crippen LogP contribution in [0.25, 0.3) is 5.76 Å². The first-order valence-corrected chi connectivity index (χ1v) is 9.45. The second kappa shape index (κ2) is 7.34. The van der Waals surface area contributed by atoms with Crippen molar-refractivity contribution >= 4 is 45.8 Å². The van der Waals surface area contributed by atoms with E-state index in [2.05, 4.69) is 4.99 Å². The van der Waals surface area contributed by atoms with Crippen LogP contribution in [0.15, 0.2) is 70.6 Å². The topological polar surface area (TPSA) is 73.9 Å². The molecule has 4 rings (SSSR count). The van der Waals surface area contributed by atoms with Crippen molar-refractivity contribution in [1.82, 2.24) is 0 Å². The van der Waals surface area contributed by atoms with Gasteiger partial charge in [0.25, 0.3) is 0 Å². The van der Waals surface area contributed by atoms with Gasteiger partial charge in [0.05, 0.1) is 29.4 Å². The number of benzene rings is 2. The zero-order valence-corrected chi connectivity index (χ0v) is 16.4. The summed E-state index contributed by atoms with van der Waals surface area (Å²) in [6, 6.07) is 14.5. The maximum atomic E-state index is 13.0. The molecule has 7 heteroatoms. The van der Waals surface area contributed by atoms with Gasteiger partial charge in [-0.15, -0.1) is 0 Å². The monoisotopic (exact) mass is 414 g/mol. The van der Waals surface area contributed by atoms with Crippen LogP contribution in [0.2, 0.25) is 5.02 Å². The first kappa shape index (κ1) is 18.6. The first-order chi connectivity index (χ1) is 13.5. The van der Waals surface area contributed by atoms with Gasteiger partial charge in [-0.2, -0.15) is 0 Å². The van der Waals surface area contributed by atoms with Gasteiger partial charge in [0.15, 0.2) is 5.88 Å². The SMILES string of the molecule is CCOC(=O)C1=C(c2ccccc2)OC(N)=C2C(Cl)=Nc3cc(Cl)ccc3C21. The molecule has 1 unspecified atom stereocenters. The summed E-state index contributed by atoms with van der Waals surface area (Å²) in [5, 5.41) is 0.676. The van der Waals surface area contributed by atoms with E-state index in [0.717, 1.165) is 5.56 Å². The van der Waals surface area contributed by atoms with Gasteiger partial charge >= 0.3 is 5.97 Å². The number of carbonyl (C=O) groups excluding carboxylic acids is 1. The molecule has 2 N–H and O–H groups in total. The highest BCUT2D eigenvalue weighted by molar-refractivity contribution is 6.70. The fraction of sp³-hybridized carbons (Fsp3) is 0.143. The van der Waals surface area contributed by atoms with Crippen molar-refractivity contribution in [2.24, 2.45) is 10.7 Å². The minimum Gasteiger partial charge on any atom is -0.463 e. The Hall–Kier alpha value is -2.76. The summed E-state index contributed by atoms with van der Waals surface area (Å²) in [6.45, 7) is 1.97. The molecule has 2 heterocycles. The lowest BCUT2D eigenvalue weighted by Crippen LogP contribution is -2.29. The number of halogens is 2. The highest BCUT2D eigenvalue weighted by Gasteiger charge is 2.42. The highest BCUT2D eigenvalue weighted by atomic mass is 35.5. The molecule has 0 amide bonds. The van der Waals surface area contributed by atoms with E-state index in [1.807, 2.05) is 36.4 Å². The molecule has 2 aromatic rings. The number of ether oxygens (including phenoxy) is 2. The van der Waals surface area contributed by atoms with Gasteiger partial charge in [0, 0.05) is 10.6 Å². The summed E-state index contributed by atoms with van der Waals surface area (Å²) < 4.78 is 11.2. The van der Waals surface area contributed by atoms with E-state index in [1.165, 1.54) is 0 Å². The molecule has 0 saturated carbocycles. The van der Waals surface area contributed by atoms with E-state index in [4.69, 9.17) is 38.4 Å². The Bertz CT molecular complexity index is 1060. The maximum Gasteiger partial charge on any atom is 0.338 e. The third-order valence-corrected chi connectivity index (χ3v) is 5.10. The largest absolute Gasteiger partial charge is 0.463 e. The molecule has 28 heavy (non-hydrogen) atoms. The predicted octanol–water partition coefficient (Wildman–Crippen LogP) is 4.88. The van der Waals surface area contributed by atoms with Crippen molar-refractivity contribution in [1.29, 1.82) is 0 Å². The van der Waals surface area contributed by atoms with Crippen LogP contribution in [-0.4, -0.2) is 17.7 Å². The van der Waals surface area contributed by atoms with Crippen molar-refractivity contribution in [3.05, 3.63) is 81.7 Å². The molecule has 0 saturated heterocycles. The highest BCUT2D eigenvalue weighted by Crippen LogP contribution is 2.49. The predicted molar refractivity (Wildman–Crippen MR) is 109 cm³/mol. The number of nitrogens with two attached hydrogens (primary N) is 1. The van der Waals surface area contributed by atoms with Crippen LogP contribution in [0.5, 0.6) is 0 Å². The number of rotatable bonds is 3. The number of hydrogen-bond acceptors (Lipinski definition) is 5. The summed E-state index contributed by atoms with van der Waals surface area (Å²) in [6.07, 6.45) is 0. The average Bonchev–Trinajstić information content (AvgIpc) is 2.68. The molecule has 0 bridgehead atoms. The van der Waals surface area contributed by atoms with Gasteiger partial charge in [-0.25, -0.2) is 9.79 Å². The molecule has 2 aliphatic rings. The van der Waals surface area contributed by atoms with E-state index in [1.54, 1.807) is 19.1 Å². The summed E-state index contributed by atoms with van der Waals surface area (Å²) in [5.41, 5.74) is 9.03. The van der Waals surface area contributed by atoms with Crippen LogP contribution in [0.4, 0.5) is 5.69 Å². The minimum absolute atomic E-state index is 0.103. The smallest absolute Gasteiger partial charge is 0.338 e. The van der Waals surface area contributed by atoms with Crippen molar-refractivity contribution in [2.75, 3.05) is 6.61 Å². The fourth-order valence-corrected chi connectivity index (χ4v) is 3.88. The first-order valence-electron chi connectivity index (χ1n) is 8.69. The third kappa shape index (κ3) is 3.07. The van der Waals surface area contributed by atoms with Crippen LogP contribution < -0.4 is 5.73 Å². The van der Waals surface area contributed by atoms with E-state index in [9.17, 15) is 4.79 Å². The zero-order chi connectivity index (χ0) is 19.8. The van der Waals surface area contributed by atoms with Crippen molar-refractivity contribution in [3.8, 4) is 0 Å². The summed E-state index contributed by atoms with van der Waals surface area (Å²) in [4.78, 5) is 17.4. The lowest BCUT2D eigenvalue weighted by molar-refractivity contribution is -0.138. The van der Waals surface area contributed by atoms with Gasteiger partial charge in [0.1, 0.15) is 10.9 Å². The molecule has 1 atom stereocenters. The van der Waals surface area contributed by atoms with Crippen molar-refractivity contribution < 1.29 is 14.3 Å². The maximum absolute atomic E-state index is 13.0. The number of nitrogens with zero attached hydrogens (tertiary/aromatic N) is 1. The molecule has 0 spiro atoms. The number of fused-ring (bicyclic) bond motifs is 3. The Morgan fingerprint density at radius 3 is 2.68 bits per heavy atom. The lowest BCUT2D eigenvalue weighted by atomic mass is 9.79. The second-order valence-corrected chi connectivity index (χ2v) is 7.04. The Balaban J connectivity index is 2.00. The number of allylic oxidation sites excluding steroid dienone is 1. The van der Waals surface area contributed by atoms with Crippen LogP contribution in [0, 0.1) is 0 Å². The summed E-state index contributed by atoms with van der Waals surface area (Å²) >= 11 is 12.5. The molecular formula is C21H16Cl2N2O3. The second-order valence-electron chi connectivity index (χ2n) is 6.25. The molecule has 0 fully saturated rings. The third-order valence-electron chi connectivity index (χ3n) is 4.58. The molecule has 0 aromatic heterocycles. The van der Waals surface area contributed by atoms with Gasteiger partial charge in [-0.1, -0.05) is 59.6 Å². The summed E-state index contributed by atoms with van der Waals surface area (Å²) in [5.74, 6) is -0.618. The van der Waals surface area contributed by atoms with Crippen molar-refractivity contribution in [2.45, 2.75) is 12.8 Å². The number of carbonyl (C=O) groups is 1. The minimum atomic E-state index is -0.569. The molecule has 0 aliphatic carbocycles. The Kier molecular flexibility index (Phi) is 4.87. The van der Waals surface area contributed by atoms with E-state index < -0.39 is 11.9 Å². The average molecular weight is 415 g/mol. The number of aliphatic imine (C=N–C) groups is 1. The van der Waals surface area contributed by atoms with E-state index in [-0.39, 0.29) is 17.7 Å². The van der Waals surface area contributed by atoms with Crippen LogP contribution in [0.3, 0.4) is 0 Å². The standard InChI is InChI=1S/C21H16Cl2N2O3/c1-2-27-21(26)16-15-13-9-8-12(22)10-14(13)25-19(23)17(15)20(24)28-18(16)11-6-4-3-5-7-11/h3-10,15H,2,24H2,1H3. The van der Waals surface area contributed by atoms with Crippen LogP contribution in [-0.2, 0) is 14.3 Å². The quantitative estimate of drug-likeness (QED) is 0.726. The van der Waals surface area contributed by atoms with E-state index in [0.29, 0.717) is 33.2 Å². The van der Waals surface area contributed by atoms with Crippen molar-refractivity contribution in [3.63, 3.8) is 0 Å². The molecular weight excluding hydrogens is 399 g/mol. The summed E-state index contributed by atoms with van der Waals surface area (Å²) in [7, 11) is 0. The van der Waals surface area contributed by atoms with Gasteiger partial charge in [0.2, 0.25) is 0 Å². The zero-order valence-electron chi connectivity index (χ0n) is 14.9.